The Labute approximate surface area is 184 Å². The van der Waals surface area contributed by atoms with Crippen molar-refractivity contribution in [2.24, 2.45) is 0 Å². The van der Waals surface area contributed by atoms with Gasteiger partial charge in [-0.15, -0.1) is 0 Å². The summed E-state index contributed by atoms with van der Waals surface area (Å²) >= 11 is 5.87. The molecule has 3 aromatic rings. The number of anilines is 1. The zero-order chi connectivity index (χ0) is 23.6. The predicted octanol–water partition coefficient (Wildman–Crippen LogP) is 5.15. The van der Waals surface area contributed by atoms with Crippen molar-refractivity contribution >= 4 is 28.2 Å². The van der Waals surface area contributed by atoms with Gasteiger partial charge < -0.3 is 20.5 Å². The molecule has 170 valence electrons. The molecule has 0 radical (unpaired) electrons. The van der Waals surface area contributed by atoms with Gasteiger partial charge in [0.05, 0.1) is 16.6 Å². The van der Waals surface area contributed by atoms with Crippen molar-refractivity contribution in [3.05, 3.63) is 68.7 Å². The van der Waals surface area contributed by atoms with E-state index < -0.39 is 51.8 Å². The zero-order valence-corrected chi connectivity index (χ0v) is 17.7. The SMILES string of the molecule is CC1(C)CC(O)(C(F)(F)F)C(Nc2cccc3[nH]c(=O)ccc23)c2cc(Cl)c(F)c(O)c21. The molecule has 0 aliphatic heterocycles. The van der Waals surface area contributed by atoms with E-state index in [0.29, 0.717) is 10.9 Å². The summed E-state index contributed by atoms with van der Waals surface area (Å²) in [6.45, 7) is 2.77. The number of aliphatic hydroxyl groups is 1. The van der Waals surface area contributed by atoms with Crippen molar-refractivity contribution < 1.29 is 27.8 Å². The Kier molecular flexibility index (Phi) is 4.98. The number of phenolic OH excluding ortho intramolecular Hbond substituents is 1. The van der Waals surface area contributed by atoms with Gasteiger partial charge in [0.15, 0.2) is 17.2 Å². The Morgan fingerprint density at radius 1 is 1.22 bits per heavy atom. The molecule has 1 aliphatic rings. The first-order chi connectivity index (χ1) is 14.8. The van der Waals surface area contributed by atoms with E-state index in [-0.39, 0.29) is 16.8 Å². The molecular weight excluding hydrogens is 452 g/mol. The zero-order valence-electron chi connectivity index (χ0n) is 16.9. The molecule has 4 rings (SSSR count). The molecule has 0 bridgehead atoms. The molecule has 32 heavy (non-hydrogen) atoms. The number of phenols is 1. The second kappa shape index (κ2) is 7.11. The molecule has 10 heteroatoms. The number of hydrogen-bond donors (Lipinski definition) is 4. The van der Waals surface area contributed by atoms with Crippen molar-refractivity contribution in [3.8, 4) is 5.75 Å². The van der Waals surface area contributed by atoms with E-state index in [1.165, 1.54) is 38.1 Å². The third-order valence-corrected chi connectivity index (χ3v) is 6.23. The summed E-state index contributed by atoms with van der Waals surface area (Å²) in [5, 5.41) is 24.0. The van der Waals surface area contributed by atoms with Gasteiger partial charge in [-0.25, -0.2) is 4.39 Å². The molecule has 0 fully saturated rings. The van der Waals surface area contributed by atoms with Crippen molar-refractivity contribution in [3.63, 3.8) is 0 Å². The Balaban J connectivity index is 1.99. The van der Waals surface area contributed by atoms with Crippen LogP contribution in [-0.2, 0) is 5.41 Å². The Hall–Kier alpha value is -2.78. The lowest BCUT2D eigenvalue weighted by atomic mass is 9.63. The Morgan fingerprint density at radius 2 is 1.91 bits per heavy atom. The molecule has 0 saturated carbocycles. The summed E-state index contributed by atoms with van der Waals surface area (Å²) in [7, 11) is 0. The van der Waals surface area contributed by atoms with E-state index in [0.717, 1.165) is 6.07 Å². The van der Waals surface area contributed by atoms with Gasteiger partial charge in [-0.1, -0.05) is 31.5 Å². The first-order valence-electron chi connectivity index (χ1n) is 9.65. The fourth-order valence-corrected chi connectivity index (χ4v) is 4.83. The van der Waals surface area contributed by atoms with E-state index in [2.05, 4.69) is 10.3 Å². The van der Waals surface area contributed by atoms with E-state index in [1.807, 2.05) is 0 Å². The molecule has 5 nitrogen and oxygen atoms in total. The summed E-state index contributed by atoms with van der Waals surface area (Å²) in [5.41, 5.74) is -4.78. The number of aromatic amines is 1. The highest BCUT2D eigenvalue weighted by atomic mass is 35.5. The van der Waals surface area contributed by atoms with Gasteiger partial charge >= 0.3 is 6.18 Å². The second-order valence-corrected chi connectivity index (χ2v) is 9.04. The maximum Gasteiger partial charge on any atom is 0.419 e. The van der Waals surface area contributed by atoms with E-state index in [1.54, 1.807) is 6.07 Å². The summed E-state index contributed by atoms with van der Waals surface area (Å²) in [4.78, 5) is 14.2. The minimum atomic E-state index is -5.07. The smallest absolute Gasteiger partial charge is 0.419 e. The van der Waals surface area contributed by atoms with Gasteiger partial charge in [-0.3, -0.25) is 4.79 Å². The van der Waals surface area contributed by atoms with Crippen LogP contribution in [0.4, 0.5) is 23.2 Å². The maximum atomic E-state index is 14.4. The summed E-state index contributed by atoms with van der Waals surface area (Å²) in [6, 6.07) is 6.41. The van der Waals surface area contributed by atoms with Crippen LogP contribution in [0.25, 0.3) is 10.9 Å². The van der Waals surface area contributed by atoms with Crippen LogP contribution in [0.3, 0.4) is 0 Å². The predicted molar refractivity (Wildman–Crippen MR) is 113 cm³/mol. The largest absolute Gasteiger partial charge is 0.505 e. The van der Waals surface area contributed by atoms with Gasteiger partial charge in [0.2, 0.25) is 5.56 Å². The van der Waals surface area contributed by atoms with Crippen LogP contribution in [0, 0.1) is 5.82 Å². The normalized spacial score (nSPS) is 22.6. The first kappa shape index (κ1) is 22.4. The molecule has 0 saturated heterocycles. The average Bonchev–Trinajstić information content (AvgIpc) is 2.67. The minimum absolute atomic E-state index is 0.0699. The van der Waals surface area contributed by atoms with Crippen molar-refractivity contribution in [1.82, 2.24) is 4.98 Å². The maximum absolute atomic E-state index is 14.4. The van der Waals surface area contributed by atoms with Crippen LogP contribution >= 0.6 is 11.6 Å². The van der Waals surface area contributed by atoms with Gasteiger partial charge in [-0.05, 0) is 41.7 Å². The third-order valence-electron chi connectivity index (χ3n) is 5.96. The lowest BCUT2D eigenvalue weighted by Gasteiger charge is -2.49. The number of fused-ring (bicyclic) bond motifs is 2. The van der Waals surface area contributed by atoms with Crippen molar-refractivity contribution in [2.45, 2.75) is 43.5 Å². The lowest BCUT2D eigenvalue weighted by Crippen LogP contribution is -2.58. The van der Waals surface area contributed by atoms with Crippen molar-refractivity contribution in [1.29, 1.82) is 0 Å². The molecule has 1 aromatic heterocycles. The highest BCUT2D eigenvalue weighted by Gasteiger charge is 2.64. The number of rotatable bonds is 2. The van der Waals surface area contributed by atoms with Crippen LogP contribution < -0.4 is 10.9 Å². The first-order valence-corrected chi connectivity index (χ1v) is 10.0. The monoisotopic (exact) mass is 470 g/mol. The number of nitrogens with one attached hydrogen (secondary N) is 2. The summed E-state index contributed by atoms with van der Waals surface area (Å²) < 4.78 is 57.1. The number of alkyl halides is 3. The van der Waals surface area contributed by atoms with Crippen LogP contribution in [0.1, 0.15) is 37.4 Å². The number of hydrogen-bond acceptors (Lipinski definition) is 4. The fraction of sp³-hybridized carbons (Fsp3) is 0.318. The van der Waals surface area contributed by atoms with Crippen LogP contribution in [0.5, 0.6) is 5.75 Å². The Bertz CT molecular complexity index is 1290. The molecule has 2 atom stereocenters. The molecule has 2 aromatic carbocycles. The number of pyridine rings is 1. The van der Waals surface area contributed by atoms with Crippen LogP contribution in [0.15, 0.2) is 41.2 Å². The van der Waals surface area contributed by atoms with Crippen LogP contribution in [-0.4, -0.2) is 27.0 Å². The Morgan fingerprint density at radius 3 is 2.56 bits per heavy atom. The number of benzene rings is 2. The van der Waals surface area contributed by atoms with Gasteiger partial charge in [0.1, 0.15) is 0 Å². The number of H-pyrrole nitrogens is 1. The number of aromatic nitrogens is 1. The minimum Gasteiger partial charge on any atom is -0.505 e. The third kappa shape index (κ3) is 3.31. The number of aromatic hydroxyl groups is 1. The van der Waals surface area contributed by atoms with Gasteiger partial charge in [0, 0.05) is 22.7 Å². The molecule has 2 unspecified atom stereocenters. The van der Waals surface area contributed by atoms with E-state index in [9.17, 15) is 32.6 Å². The highest BCUT2D eigenvalue weighted by molar-refractivity contribution is 6.31. The molecule has 0 amide bonds. The van der Waals surface area contributed by atoms with Crippen LogP contribution in [0.2, 0.25) is 5.02 Å². The summed E-state index contributed by atoms with van der Waals surface area (Å²) in [6.07, 6.45) is -5.92. The topological polar surface area (TPSA) is 85.4 Å². The highest BCUT2D eigenvalue weighted by Crippen LogP contribution is 2.57. The molecule has 1 aliphatic carbocycles. The fourth-order valence-electron chi connectivity index (χ4n) is 4.62. The van der Waals surface area contributed by atoms with E-state index in [4.69, 9.17) is 11.6 Å². The van der Waals surface area contributed by atoms with Crippen molar-refractivity contribution in [2.75, 3.05) is 5.32 Å². The molecular formula is C22H19ClF4N2O3. The van der Waals surface area contributed by atoms with E-state index >= 15 is 0 Å². The van der Waals surface area contributed by atoms with Gasteiger partial charge in [0.25, 0.3) is 0 Å². The lowest BCUT2D eigenvalue weighted by molar-refractivity contribution is -0.276. The molecule has 4 N–H and O–H groups in total. The standard InChI is InChI=1S/C22H19ClF4N2O3/c1-20(2)9-21(32,22(25,26)27)19(11-8-12(23)17(24)18(31)16(11)20)29-14-5-3-4-13-10(14)6-7-15(30)28-13/h3-8,19,29,31-32H,9H2,1-2H3,(H,28,30). The molecule has 1 heterocycles. The second-order valence-electron chi connectivity index (χ2n) is 8.63. The van der Waals surface area contributed by atoms with Gasteiger partial charge in [-0.2, -0.15) is 13.2 Å². The number of halogens is 5. The molecule has 0 spiro atoms. The quantitative estimate of drug-likeness (QED) is 0.390. The summed E-state index contributed by atoms with van der Waals surface area (Å²) in [5.74, 6) is -1.99. The average molecular weight is 471 g/mol.